The number of hydrogen-bond acceptors (Lipinski definition) is 4. The van der Waals surface area contributed by atoms with E-state index in [1.165, 1.54) is 43.4 Å². The molecule has 0 aromatic heterocycles. The molecule has 6 aliphatic rings. The van der Waals surface area contributed by atoms with Crippen molar-refractivity contribution in [2.45, 2.75) is 56.5 Å². The maximum absolute atomic E-state index is 13.1. The molecule has 0 radical (unpaired) electrons. The van der Waals surface area contributed by atoms with Crippen molar-refractivity contribution in [3.05, 3.63) is 18.2 Å². The van der Waals surface area contributed by atoms with E-state index in [-0.39, 0.29) is 30.2 Å². The van der Waals surface area contributed by atoms with Gasteiger partial charge in [0, 0.05) is 25.3 Å². The lowest BCUT2D eigenvalue weighted by atomic mass is 9.53. The van der Waals surface area contributed by atoms with E-state index < -0.39 is 0 Å². The molecule has 5 fully saturated rings. The lowest BCUT2D eigenvalue weighted by Gasteiger charge is -2.55. The van der Waals surface area contributed by atoms with Crippen molar-refractivity contribution in [3.63, 3.8) is 0 Å². The quantitative estimate of drug-likeness (QED) is 0.821. The predicted molar refractivity (Wildman–Crippen MR) is 96.3 cm³/mol. The van der Waals surface area contributed by atoms with Gasteiger partial charge < -0.3 is 14.8 Å². The lowest BCUT2D eigenvalue weighted by Crippen LogP contribution is -3.03. The Morgan fingerprint density at radius 3 is 2.33 bits per heavy atom. The van der Waals surface area contributed by atoms with Gasteiger partial charge in [-0.2, -0.15) is 0 Å². The third kappa shape index (κ3) is 2.42. The number of hydrogen-bond donors (Lipinski definition) is 1. The minimum Gasteiger partial charge on any atom is -0.454 e. The molecule has 1 atom stereocenters. The summed E-state index contributed by atoms with van der Waals surface area (Å²) in [5, 5.41) is 2.30. The highest BCUT2D eigenvalue weighted by molar-refractivity contribution is 6.21. The first-order chi connectivity index (χ1) is 13.1. The Kier molecular flexibility index (Phi) is 3.23. The summed E-state index contributed by atoms with van der Waals surface area (Å²) >= 11 is 0. The summed E-state index contributed by atoms with van der Waals surface area (Å²) in [6.07, 6.45) is 8.12. The van der Waals surface area contributed by atoms with Gasteiger partial charge in [0.05, 0.1) is 17.6 Å². The van der Waals surface area contributed by atoms with E-state index >= 15 is 0 Å². The number of nitrogens with two attached hydrogens (primary N) is 1. The molecule has 4 saturated carbocycles. The Bertz CT molecular complexity index is 800. The van der Waals surface area contributed by atoms with Crippen LogP contribution in [0, 0.1) is 17.8 Å². The summed E-state index contributed by atoms with van der Waals surface area (Å²) in [5.41, 5.74) is 0.788. The largest absolute Gasteiger partial charge is 0.454 e. The zero-order valence-corrected chi connectivity index (χ0v) is 15.4. The molecule has 2 amide bonds. The Balaban J connectivity index is 1.24. The monoisotopic (exact) mass is 369 g/mol. The number of imide groups is 1. The summed E-state index contributed by atoms with van der Waals surface area (Å²) in [4.78, 5) is 27.2. The standard InChI is InChI=1S/C21H24N2O4/c24-19-7-16(22-21-8-12-3-13(9-21)5-14(4-12)10-21)20(25)23(19)15-1-2-17-18(6-15)27-11-26-17/h1-2,6,12-14,16,22H,3-5,7-11H2/p+1/t12?,13?,14?,16-,21?/m0/s1. The van der Waals surface area contributed by atoms with E-state index in [1.54, 1.807) is 18.2 Å². The molecule has 4 aliphatic carbocycles. The number of anilines is 1. The zero-order valence-electron chi connectivity index (χ0n) is 15.4. The zero-order chi connectivity index (χ0) is 18.2. The van der Waals surface area contributed by atoms with E-state index in [1.807, 2.05) is 0 Å². The highest BCUT2D eigenvalue weighted by atomic mass is 16.7. The minimum atomic E-state index is -0.279. The summed E-state index contributed by atoms with van der Waals surface area (Å²) in [6.45, 7) is 0.184. The first-order valence-corrected chi connectivity index (χ1v) is 10.2. The molecule has 0 unspecified atom stereocenters. The van der Waals surface area contributed by atoms with Gasteiger partial charge in [-0.05, 0) is 49.1 Å². The van der Waals surface area contributed by atoms with Crippen molar-refractivity contribution >= 4 is 17.5 Å². The van der Waals surface area contributed by atoms with Crippen LogP contribution in [0.15, 0.2) is 18.2 Å². The number of quaternary nitrogens is 1. The third-order valence-corrected chi connectivity index (χ3v) is 7.44. The van der Waals surface area contributed by atoms with Crippen LogP contribution in [0.2, 0.25) is 0 Å². The second kappa shape index (κ2) is 5.47. The molecule has 2 heterocycles. The van der Waals surface area contributed by atoms with Gasteiger partial charge in [0.15, 0.2) is 17.5 Å². The number of carbonyl (C=O) groups excluding carboxylic acids is 2. The van der Waals surface area contributed by atoms with E-state index in [2.05, 4.69) is 5.32 Å². The van der Waals surface area contributed by atoms with E-state index in [9.17, 15) is 9.59 Å². The lowest BCUT2D eigenvalue weighted by molar-refractivity contribution is -0.755. The molecule has 27 heavy (non-hydrogen) atoms. The van der Waals surface area contributed by atoms with E-state index in [4.69, 9.17) is 9.47 Å². The minimum absolute atomic E-state index is 0.0744. The van der Waals surface area contributed by atoms with Gasteiger partial charge in [0.2, 0.25) is 12.7 Å². The molecule has 1 saturated heterocycles. The Hall–Kier alpha value is -2.08. The second-order valence-electron chi connectivity index (χ2n) is 9.36. The summed E-state index contributed by atoms with van der Waals surface area (Å²) < 4.78 is 10.7. The first-order valence-electron chi connectivity index (χ1n) is 10.2. The van der Waals surface area contributed by atoms with Gasteiger partial charge in [-0.1, -0.05) is 0 Å². The topological polar surface area (TPSA) is 72.5 Å². The van der Waals surface area contributed by atoms with Gasteiger partial charge in [0.25, 0.3) is 5.91 Å². The highest BCUT2D eigenvalue weighted by Gasteiger charge is 2.56. The molecule has 1 aromatic carbocycles. The molecule has 7 rings (SSSR count). The smallest absolute Gasteiger partial charge is 0.292 e. The maximum atomic E-state index is 13.1. The first kappa shape index (κ1) is 15.9. The van der Waals surface area contributed by atoms with E-state index in [0.717, 1.165) is 17.8 Å². The Labute approximate surface area is 158 Å². The summed E-state index contributed by atoms with van der Waals surface area (Å²) in [5.74, 6) is 3.59. The van der Waals surface area contributed by atoms with Gasteiger partial charge >= 0.3 is 0 Å². The number of ether oxygens (including phenoxy) is 2. The van der Waals surface area contributed by atoms with Crippen LogP contribution in [-0.2, 0) is 9.59 Å². The normalized spacial score (nSPS) is 38.9. The molecule has 6 nitrogen and oxygen atoms in total. The highest BCUT2D eigenvalue weighted by Crippen LogP contribution is 2.54. The molecule has 0 spiro atoms. The molecular weight excluding hydrogens is 344 g/mol. The second-order valence-corrected chi connectivity index (χ2v) is 9.36. The van der Waals surface area contributed by atoms with Gasteiger partial charge in [-0.15, -0.1) is 0 Å². The average Bonchev–Trinajstić information content (AvgIpc) is 3.17. The van der Waals surface area contributed by atoms with Gasteiger partial charge in [-0.3, -0.25) is 9.59 Å². The van der Waals surface area contributed by atoms with Crippen molar-refractivity contribution < 1.29 is 24.4 Å². The van der Waals surface area contributed by atoms with Crippen LogP contribution < -0.4 is 19.7 Å². The molecular formula is C21H25N2O4+. The van der Waals surface area contributed by atoms with Crippen LogP contribution in [0.1, 0.15) is 44.9 Å². The number of fused-ring (bicyclic) bond motifs is 1. The molecule has 1 aromatic rings. The number of carbonyl (C=O) groups is 2. The van der Waals surface area contributed by atoms with Crippen LogP contribution in [-0.4, -0.2) is 30.2 Å². The Morgan fingerprint density at radius 1 is 0.963 bits per heavy atom. The Morgan fingerprint density at radius 2 is 1.63 bits per heavy atom. The fourth-order valence-electron chi connectivity index (χ4n) is 6.89. The van der Waals surface area contributed by atoms with Crippen molar-refractivity contribution in [3.8, 4) is 11.5 Å². The molecule has 142 valence electrons. The molecule has 2 N–H and O–H groups in total. The van der Waals surface area contributed by atoms with Crippen LogP contribution in [0.5, 0.6) is 11.5 Å². The molecule has 6 heteroatoms. The molecule has 4 bridgehead atoms. The number of benzene rings is 1. The number of amides is 2. The van der Waals surface area contributed by atoms with Gasteiger partial charge in [0.1, 0.15) is 0 Å². The van der Waals surface area contributed by atoms with E-state index in [0.29, 0.717) is 23.6 Å². The van der Waals surface area contributed by atoms with Crippen LogP contribution in [0.3, 0.4) is 0 Å². The summed E-state index contributed by atoms with van der Waals surface area (Å²) in [6, 6.07) is 5.01. The fraction of sp³-hybridized carbons (Fsp3) is 0.619. The SMILES string of the molecule is O=C1C[C@H]([NH2+]C23CC4CC(CC(C4)C2)C3)C(=O)N1c1ccc2c(c1)OCO2. The number of rotatable bonds is 3. The van der Waals surface area contributed by atoms with Gasteiger partial charge in [-0.25, -0.2) is 4.90 Å². The molecule has 2 aliphatic heterocycles. The number of nitrogens with zero attached hydrogens (tertiary/aromatic N) is 1. The van der Waals surface area contributed by atoms with Crippen LogP contribution >= 0.6 is 0 Å². The van der Waals surface area contributed by atoms with Crippen molar-refractivity contribution in [1.29, 1.82) is 0 Å². The third-order valence-electron chi connectivity index (χ3n) is 7.44. The van der Waals surface area contributed by atoms with Crippen LogP contribution in [0.25, 0.3) is 0 Å². The van der Waals surface area contributed by atoms with Crippen molar-refractivity contribution in [2.75, 3.05) is 11.7 Å². The predicted octanol–water partition coefficient (Wildman–Crippen LogP) is 1.58. The van der Waals surface area contributed by atoms with Crippen molar-refractivity contribution in [1.82, 2.24) is 0 Å². The van der Waals surface area contributed by atoms with Crippen molar-refractivity contribution in [2.24, 2.45) is 17.8 Å². The maximum Gasteiger partial charge on any atom is 0.292 e. The fourth-order valence-corrected chi connectivity index (χ4v) is 6.89. The summed E-state index contributed by atoms with van der Waals surface area (Å²) in [7, 11) is 0. The average molecular weight is 369 g/mol. The van der Waals surface area contributed by atoms with Crippen LogP contribution in [0.4, 0.5) is 5.69 Å².